The van der Waals surface area contributed by atoms with Gasteiger partial charge < -0.3 is 15.3 Å². The van der Waals surface area contributed by atoms with Gasteiger partial charge >= 0.3 is 12.4 Å². The van der Waals surface area contributed by atoms with Crippen molar-refractivity contribution in [3.63, 3.8) is 0 Å². The molecular weight excluding hydrogens is 318 g/mol. The molecule has 22 heavy (non-hydrogen) atoms. The maximum Gasteiger partial charge on any atom is 0.430 e. The number of phenolic OH excluding ortho intramolecular Hbond substituents is 2. The lowest BCUT2D eigenvalue weighted by atomic mass is 9.89. The van der Waals surface area contributed by atoms with Crippen molar-refractivity contribution in [1.82, 2.24) is 0 Å². The van der Waals surface area contributed by atoms with E-state index in [0.29, 0.717) is 6.07 Å². The van der Waals surface area contributed by atoms with Gasteiger partial charge in [-0.25, -0.2) is 0 Å². The molecule has 2 aromatic rings. The van der Waals surface area contributed by atoms with Crippen LogP contribution < -0.4 is 0 Å². The first-order chi connectivity index (χ1) is 9.89. The highest BCUT2D eigenvalue weighted by Crippen LogP contribution is 2.53. The van der Waals surface area contributed by atoms with Crippen LogP contribution in [0.2, 0.25) is 0 Å². The average Bonchev–Trinajstić information content (AvgIpc) is 2.36. The van der Waals surface area contributed by atoms with Crippen molar-refractivity contribution in [3.8, 4) is 11.5 Å². The number of phenols is 2. The first-order valence-electron chi connectivity index (χ1n) is 5.70. The van der Waals surface area contributed by atoms with Crippen LogP contribution in [0.1, 0.15) is 5.56 Å². The Bertz CT molecular complexity index is 706. The summed E-state index contributed by atoms with van der Waals surface area (Å²) >= 11 is 0. The molecule has 2 aromatic carbocycles. The summed E-state index contributed by atoms with van der Waals surface area (Å²) in [6.45, 7) is 0. The van der Waals surface area contributed by atoms with Crippen molar-refractivity contribution in [2.24, 2.45) is 0 Å². The molecule has 3 nitrogen and oxygen atoms in total. The summed E-state index contributed by atoms with van der Waals surface area (Å²) in [5.74, 6) is -1.88. The Morgan fingerprint density at radius 1 is 0.773 bits per heavy atom. The lowest BCUT2D eigenvalue weighted by Crippen LogP contribution is -2.53. The molecule has 3 N–H and O–H groups in total. The van der Waals surface area contributed by atoms with Gasteiger partial charge in [0, 0.05) is 10.9 Å². The van der Waals surface area contributed by atoms with Gasteiger partial charge in [0.2, 0.25) is 0 Å². The fourth-order valence-electron chi connectivity index (χ4n) is 2.05. The van der Waals surface area contributed by atoms with E-state index in [1.54, 1.807) is 0 Å². The average molecular weight is 326 g/mol. The first kappa shape index (κ1) is 16.2. The third kappa shape index (κ3) is 2.21. The molecule has 0 saturated carbocycles. The minimum atomic E-state index is -6.10. The summed E-state index contributed by atoms with van der Waals surface area (Å²) in [4.78, 5) is 0. The largest absolute Gasteiger partial charge is 0.508 e. The zero-order valence-corrected chi connectivity index (χ0v) is 10.5. The highest BCUT2D eigenvalue weighted by Gasteiger charge is 2.72. The van der Waals surface area contributed by atoms with E-state index in [9.17, 15) is 41.7 Å². The molecule has 0 aliphatic heterocycles. The second-order valence-corrected chi connectivity index (χ2v) is 4.57. The van der Waals surface area contributed by atoms with E-state index < -0.39 is 40.4 Å². The second-order valence-electron chi connectivity index (χ2n) is 4.57. The lowest BCUT2D eigenvalue weighted by molar-refractivity contribution is -0.376. The van der Waals surface area contributed by atoms with Gasteiger partial charge in [0.25, 0.3) is 5.60 Å². The van der Waals surface area contributed by atoms with Gasteiger partial charge in [-0.2, -0.15) is 26.3 Å². The van der Waals surface area contributed by atoms with Crippen LogP contribution in [0.5, 0.6) is 11.5 Å². The van der Waals surface area contributed by atoms with Gasteiger partial charge in [-0.1, -0.05) is 18.2 Å². The fraction of sp³-hybridized carbons (Fsp3) is 0.231. The summed E-state index contributed by atoms with van der Waals surface area (Å²) in [6.07, 6.45) is -12.2. The Morgan fingerprint density at radius 3 is 1.77 bits per heavy atom. The standard InChI is InChI=1S/C13H8F6O3/c14-12(15,16)11(22,13(17,18)19)9-4-2-6-1-3-7(20)5-8(6)10(9)21/h1-5,20-22H. The monoisotopic (exact) mass is 326 g/mol. The Balaban J connectivity index is 2.84. The van der Waals surface area contributed by atoms with Gasteiger partial charge in [0.15, 0.2) is 0 Å². The number of benzene rings is 2. The molecule has 0 unspecified atom stereocenters. The number of fused-ring (bicyclic) bond motifs is 1. The van der Waals surface area contributed by atoms with Gasteiger partial charge in [-0.3, -0.25) is 0 Å². The number of aromatic hydroxyl groups is 2. The third-order valence-corrected chi connectivity index (χ3v) is 3.19. The summed E-state index contributed by atoms with van der Waals surface area (Å²) in [6, 6.07) is 4.33. The van der Waals surface area contributed by atoms with E-state index in [2.05, 4.69) is 0 Å². The maximum atomic E-state index is 12.8. The van der Waals surface area contributed by atoms with Crippen LogP contribution in [0.15, 0.2) is 30.3 Å². The molecule has 0 saturated heterocycles. The Labute approximate surface area is 119 Å². The molecule has 0 atom stereocenters. The van der Waals surface area contributed by atoms with E-state index in [0.717, 1.165) is 18.2 Å². The number of hydrogen-bond acceptors (Lipinski definition) is 3. The van der Waals surface area contributed by atoms with Crippen LogP contribution in [0.3, 0.4) is 0 Å². The van der Waals surface area contributed by atoms with Crippen LogP contribution in [-0.4, -0.2) is 27.7 Å². The molecule has 0 fully saturated rings. The van der Waals surface area contributed by atoms with Gasteiger partial charge in [0.05, 0.1) is 0 Å². The fourth-order valence-corrected chi connectivity index (χ4v) is 2.05. The highest BCUT2D eigenvalue weighted by molar-refractivity contribution is 5.90. The molecule has 0 aromatic heterocycles. The summed E-state index contributed by atoms with van der Waals surface area (Å²) < 4.78 is 76.9. The number of rotatable bonds is 1. The molecule has 0 radical (unpaired) electrons. The van der Waals surface area contributed by atoms with Gasteiger partial charge in [-0.05, 0) is 17.5 Å². The minimum Gasteiger partial charge on any atom is -0.508 e. The number of halogens is 6. The minimum absolute atomic E-state index is 0.0887. The third-order valence-electron chi connectivity index (χ3n) is 3.19. The van der Waals surface area contributed by atoms with Crippen LogP contribution in [0.4, 0.5) is 26.3 Å². The van der Waals surface area contributed by atoms with E-state index >= 15 is 0 Å². The number of alkyl halides is 6. The molecule has 120 valence electrons. The topological polar surface area (TPSA) is 60.7 Å². The quantitative estimate of drug-likeness (QED) is 0.702. The van der Waals surface area contributed by atoms with Crippen LogP contribution in [-0.2, 0) is 5.60 Å². The zero-order chi connectivity index (χ0) is 16.9. The van der Waals surface area contributed by atoms with E-state index in [-0.39, 0.29) is 5.39 Å². The van der Waals surface area contributed by atoms with Crippen LogP contribution in [0.25, 0.3) is 10.8 Å². The lowest BCUT2D eigenvalue weighted by Gasteiger charge is -2.33. The Morgan fingerprint density at radius 2 is 1.27 bits per heavy atom. The molecule has 0 amide bonds. The Hall–Kier alpha value is -2.16. The second kappa shape index (κ2) is 4.67. The molecular formula is C13H8F6O3. The normalized spacial score (nSPS) is 13.6. The summed E-state index contributed by atoms with van der Waals surface area (Å²) in [5, 5.41) is 27.9. The molecule has 0 aliphatic carbocycles. The molecule has 0 spiro atoms. The Kier molecular flexibility index (Phi) is 3.44. The predicted octanol–water partition coefficient (Wildman–Crippen LogP) is 3.56. The maximum absolute atomic E-state index is 12.8. The summed E-state index contributed by atoms with van der Waals surface area (Å²) in [7, 11) is 0. The molecule has 0 bridgehead atoms. The SMILES string of the molecule is Oc1ccc2ccc(C(O)(C(F)(F)F)C(F)(F)F)c(O)c2c1. The van der Waals surface area contributed by atoms with Crippen molar-refractivity contribution in [2.75, 3.05) is 0 Å². The van der Waals surface area contributed by atoms with Crippen molar-refractivity contribution >= 4 is 10.8 Å². The van der Waals surface area contributed by atoms with Crippen molar-refractivity contribution in [1.29, 1.82) is 0 Å². The van der Waals surface area contributed by atoms with Crippen LogP contribution >= 0.6 is 0 Å². The smallest absolute Gasteiger partial charge is 0.430 e. The first-order valence-corrected chi connectivity index (χ1v) is 5.70. The van der Waals surface area contributed by atoms with Crippen LogP contribution in [0, 0.1) is 0 Å². The molecule has 0 aliphatic rings. The number of hydrogen-bond donors (Lipinski definition) is 3. The van der Waals surface area contributed by atoms with Crippen molar-refractivity contribution in [3.05, 3.63) is 35.9 Å². The predicted molar refractivity (Wildman–Crippen MR) is 63.3 cm³/mol. The summed E-state index contributed by atoms with van der Waals surface area (Å²) in [5.41, 5.74) is -6.99. The molecule has 2 rings (SSSR count). The van der Waals surface area contributed by atoms with E-state index in [4.69, 9.17) is 0 Å². The van der Waals surface area contributed by atoms with Crippen molar-refractivity contribution in [2.45, 2.75) is 18.0 Å². The molecule has 0 heterocycles. The zero-order valence-electron chi connectivity index (χ0n) is 10.5. The van der Waals surface area contributed by atoms with E-state index in [1.165, 1.54) is 6.07 Å². The highest BCUT2D eigenvalue weighted by atomic mass is 19.4. The van der Waals surface area contributed by atoms with E-state index in [1.807, 2.05) is 0 Å². The van der Waals surface area contributed by atoms with Gasteiger partial charge in [-0.15, -0.1) is 0 Å². The number of aliphatic hydroxyl groups is 1. The van der Waals surface area contributed by atoms with Gasteiger partial charge in [0.1, 0.15) is 11.5 Å². The van der Waals surface area contributed by atoms with Crippen molar-refractivity contribution < 1.29 is 41.7 Å². The molecule has 9 heteroatoms.